The van der Waals surface area contributed by atoms with E-state index in [-0.39, 0.29) is 11.5 Å². The van der Waals surface area contributed by atoms with Gasteiger partial charge in [-0.2, -0.15) is 18.3 Å². The Morgan fingerprint density at radius 2 is 2.04 bits per heavy atom. The molecule has 7 nitrogen and oxygen atoms in total. The third-order valence-electron chi connectivity index (χ3n) is 3.59. The van der Waals surface area contributed by atoms with Crippen molar-refractivity contribution in [3.05, 3.63) is 46.2 Å². The molecule has 0 aliphatic heterocycles. The minimum absolute atomic E-state index is 0.139. The summed E-state index contributed by atoms with van der Waals surface area (Å²) in [6.07, 6.45) is -4.62. The topological polar surface area (TPSA) is 91.7 Å². The van der Waals surface area contributed by atoms with Crippen molar-refractivity contribution in [2.75, 3.05) is 7.11 Å². The van der Waals surface area contributed by atoms with Gasteiger partial charge in [-0.25, -0.2) is 4.79 Å². The predicted octanol–water partition coefficient (Wildman–Crippen LogP) is 3.30. The molecule has 0 radical (unpaired) electrons. The summed E-state index contributed by atoms with van der Waals surface area (Å²) in [5.74, 6) is -0.788. The van der Waals surface area contributed by atoms with Crippen molar-refractivity contribution >= 4 is 23.4 Å². The van der Waals surface area contributed by atoms with Gasteiger partial charge in [0.15, 0.2) is 11.5 Å². The molecule has 1 atom stereocenters. The van der Waals surface area contributed by atoms with Gasteiger partial charge in [-0.05, 0) is 38.1 Å². The van der Waals surface area contributed by atoms with Gasteiger partial charge in [0, 0.05) is 10.7 Å². The summed E-state index contributed by atoms with van der Waals surface area (Å²) in [6, 6.07) is 4.27. The second-order valence-corrected chi connectivity index (χ2v) is 5.96. The second-order valence-electron chi connectivity index (χ2n) is 5.52. The van der Waals surface area contributed by atoms with Crippen LogP contribution in [0.15, 0.2) is 29.4 Å². The van der Waals surface area contributed by atoms with Crippen molar-refractivity contribution in [2.24, 2.45) is 10.9 Å². The number of ether oxygens (including phenoxy) is 1. The number of aromatic nitrogens is 2. The third-order valence-corrected chi connectivity index (χ3v) is 3.83. The van der Waals surface area contributed by atoms with Gasteiger partial charge in [0.25, 0.3) is 0 Å². The lowest BCUT2D eigenvalue weighted by Gasteiger charge is -2.12. The molecule has 146 valence electrons. The summed E-state index contributed by atoms with van der Waals surface area (Å²) < 4.78 is 44.2. The zero-order valence-corrected chi connectivity index (χ0v) is 15.3. The number of rotatable bonds is 5. The van der Waals surface area contributed by atoms with Crippen molar-refractivity contribution in [3.8, 4) is 5.75 Å². The fourth-order valence-corrected chi connectivity index (χ4v) is 2.39. The van der Waals surface area contributed by atoms with Gasteiger partial charge in [-0.3, -0.25) is 4.68 Å². The van der Waals surface area contributed by atoms with Crippen LogP contribution >= 0.6 is 11.6 Å². The molecular formula is C16H16ClF3N4O3. The first-order valence-corrected chi connectivity index (χ1v) is 7.94. The van der Waals surface area contributed by atoms with Crippen LogP contribution in [0.3, 0.4) is 0 Å². The molecule has 1 aromatic heterocycles. The van der Waals surface area contributed by atoms with Crippen molar-refractivity contribution in [3.63, 3.8) is 0 Å². The molecule has 0 aliphatic rings. The van der Waals surface area contributed by atoms with E-state index in [0.29, 0.717) is 16.3 Å². The standard InChI is InChI=1S/C16H16ClF3N4O3/c1-8-6-13(16(18,19)20)22-24(8)9(2)15(25)27-23-14(21)11-7-10(17)4-5-12(11)26-3/h4-7,9H,1-3H3,(H2,21,23). The van der Waals surface area contributed by atoms with E-state index < -0.39 is 23.9 Å². The fraction of sp³-hybridized carbons (Fsp3) is 0.312. The van der Waals surface area contributed by atoms with Gasteiger partial charge in [0.2, 0.25) is 0 Å². The first-order valence-electron chi connectivity index (χ1n) is 7.56. The van der Waals surface area contributed by atoms with E-state index in [1.807, 2.05) is 0 Å². The lowest BCUT2D eigenvalue weighted by atomic mass is 10.2. The van der Waals surface area contributed by atoms with E-state index >= 15 is 0 Å². The summed E-state index contributed by atoms with van der Waals surface area (Å²) in [5.41, 5.74) is 5.11. The van der Waals surface area contributed by atoms with E-state index in [1.54, 1.807) is 12.1 Å². The Hall–Kier alpha value is -2.75. The lowest BCUT2D eigenvalue weighted by Crippen LogP contribution is -2.22. The van der Waals surface area contributed by atoms with Crippen LogP contribution < -0.4 is 10.5 Å². The number of carbonyl (C=O) groups is 1. The minimum Gasteiger partial charge on any atom is -0.496 e. The zero-order valence-electron chi connectivity index (χ0n) is 14.5. The number of oxime groups is 1. The Labute approximate surface area is 157 Å². The normalized spacial score (nSPS) is 13.4. The number of methoxy groups -OCH3 is 1. The maximum absolute atomic E-state index is 12.7. The predicted molar refractivity (Wildman–Crippen MR) is 91.5 cm³/mol. The first-order chi connectivity index (χ1) is 12.5. The minimum atomic E-state index is -4.62. The number of halogens is 4. The van der Waals surface area contributed by atoms with Crippen LogP contribution in [-0.2, 0) is 15.8 Å². The second kappa shape index (κ2) is 7.87. The van der Waals surface area contributed by atoms with Gasteiger partial charge in [0.05, 0.1) is 12.7 Å². The van der Waals surface area contributed by atoms with Crippen LogP contribution in [0.2, 0.25) is 5.02 Å². The summed E-state index contributed by atoms with van der Waals surface area (Å²) in [4.78, 5) is 16.9. The highest BCUT2D eigenvalue weighted by molar-refractivity contribution is 6.31. The molecule has 0 aliphatic carbocycles. The van der Waals surface area contributed by atoms with Crippen molar-refractivity contribution in [1.82, 2.24) is 9.78 Å². The smallest absolute Gasteiger partial charge is 0.435 e. The maximum atomic E-state index is 12.7. The van der Waals surface area contributed by atoms with Crippen molar-refractivity contribution in [2.45, 2.75) is 26.1 Å². The monoisotopic (exact) mass is 404 g/mol. The SMILES string of the molecule is COc1ccc(Cl)cc1/C(N)=N/OC(=O)C(C)n1nc(C(F)(F)F)cc1C. The fourth-order valence-electron chi connectivity index (χ4n) is 2.22. The highest BCUT2D eigenvalue weighted by Gasteiger charge is 2.35. The van der Waals surface area contributed by atoms with E-state index in [0.717, 1.165) is 10.7 Å². The van der Waals surface area contributed by atoms with Crippen molar-refractivity contribution in [1.29, 1.82) is 0 Å². The third kappa shape index (κ3) is 4.70. The van der Waals surface area contributed by atoms with Gasteiger partial charge >= 0.3 is 12.1 Å². The quantitative estimate of drug-likeness (QED) is 0.357. The van der Waals surface area contributed by atoms with Crippen LogP contribution in [0, 0.1) is 6.92 Å². The van der Waals surface area contributed by atoms with Crippen molar-refractivity contribution < 1.29 is 27.5 Å². The number of alkyl halides is 3. The molecular weight excluding hydrogens is 389 g/mol. The number of nitrogens with zero attached hydrogens (tertiary/aromatic N) is 3. The number of amidine groups is 1. The Morgan fingerprint density at radius 3 is 2.59 bits per heavy atom. The average Bonchev–Trinajstić information content (AvgIpc) is 3.00. The molecule has 0 saturated heterocycles. The number of benzene rings is 1. The highest BCUT2D eigenvalue weighted by Crippen LogP contribution is 2.29. The van der Waals surface area contributed by atoms with Crippen LogP contribution in [-0.4, -0.2) is 28.7 Å². The van der Waals surface area contributed by atoms with Gasteiger partial charge in [0.1, 0.15) is 11.8 Å². The molecule has 1 heterocycles. The van der Waals surface area contributed by atoms with E-state index in [2.05, 4.69) is 10.3 Å². The molecule has 2 aromatic rings. The molecule has 27 heavy (non-hydrogen) atoms. The van der Waals surface area contributed by atoms with Gasteiger partial charge in [-0.1, -0.05) is 16.8 Å². The molecule has 0 amide bonds. The van der Waals surface area contributed by atoms with Gasteiger partial charge in [-0.15, -0.1) is 0 Å². The Kier molecular flexibility index (Phi) is 5.99. The molecule has 0 spiro atoms. The molecule has 2 N–H and O–H groups in total. The molecule has 0 saturated carbocycles. The summed E-state index contributed by atoms with van der Waals surface area (Å²) >= 11 is 5.89. The van der Waals surface area contributed by atoms with Crippen LogP contribution in [0.1, 0.15) is 29.9 Å². The maximum Gasteiger partial charge on any atom is 0.435 e. The zero-order chi connectivity index (χ0) is 20.4. The van der Waals surface area contributed by atoms with Gasteiger partial charge < -0.3 is 15.3 Å². The number of nitrogens with two attached hydrogens (primary N) is 1. The summed E-state index contributed by atoms with van der Waals surface area (Å²) in [7, 11) is 1.41. The van der Waals surface area contributed by atoms with Crippen LogP contribution in [0.5, 0.6) is 5.75 Å². The summed E-state index contributed by atoms with van der Waals surface area (Å²) in [6.45, 7) is 2.72. The molecule has 1 unspecified atom stereocenters. The number of hydrogen-bond donors (Lipinski definition) is 1. The van der Waals surface area contributed by atoms with Crippen LogP contribution in [0.25, 0.3) is 0 Å². The molecule has 0 fully saturated rings. The van der Waals surface area contributed by atoms with E-state index in [4.69, 9.17) is 26.9 Å². The molecule has 11 heteroatoms. The summed E-state index contributed by atoms with van der Waals surface area (Å²) in [5, 5.41) is 7.28. The Balaban J connectivity index is 2.19. The lowest BCUT2D eigenvalue weighted by molar-refractivity contribution is -0.148. The molecule has 2 rings (SSSR count). The Bertz CT molecular complexity index is 880. The van der Waals surface area contributed by atoms with E-state index in [9.17, 15) is 18.0 Å². The van der Waals surface area contributed by atoms with Crippen LogP contribution in [0.4, 0.5) is 13.2 Å². The number of aryl methyl sites for hydroxylation is 1. The average molecular weight is 405 g/mol. The largest absolute Gasteiger partial charge is 0.496 e. The molecule has 1 aromatic carbocycles. The highest BCUT2D eigenvalue weighted by atomic mass is 35.5. The number of carbonyl (C=O) groups excluding carboxylic acids is 1. The molecule has 0 bridgehead atoms. The Morgan fingerprint density at radius 1 is 1.37 bits per heavy atom. The first kappa shape index (κ1) is 20.6. The number of hydrogen-bond acceptors (Lipinski definition) is 5. The van der Waals surface area contributed by atoms with E-state index in [1.165, 1.54) is 27.0 Å².